The quantitative estimate of drug-likeness (QED) is 0.554. The molecule has 0 spiro atoms. The van der Waals surface area contributed by atoms with Crippen molar-refractivity contribution >= 4 is 10.9 Å². The molecule has 0 saturated heterocycles. The van der Waals surface area contributed by atoms with Crippen LogP contribution in [0.4, 0.5) is 0 Å². The molecule has 4 heteroatoms. The van der Waals surface area contributed by atoms with E-state index in [1.807, 2.05) is 60.7 Å². The number of benzene rings is 3. The fraction of sp³-hybridized carbons (Fsp3) is 0.130. The summed E-state index contributed by atoms with van der Waals surface area (Å²) in [6.45, 7) is 1.13. The van der Waals surface area contributed by atoms with Gasteiger partial charge in [-0.3, -0.25) is 9.36 Å². The molecule has 1 aliphatic rings. The predicted octanol–water partition coefficient (Wildman–Crippen LogP) is 4.20. The van der Waals surface area contributed by atoms with Gasteiger partial charge in [-0.05, 0) is 35.7 Å². The number of hydrogen-bond acceptors (Lipinski definition) is 3. The van der Waals surface area contributed by atoms with Crippen LogP contribution in [0.3, 0.4) is 0 Å². The molecule has 4 aromatic rings. The van der Waals surface area contributed by atoms with E-state index < -0.39 is 0 Å². The third-order valence-corrected chi connectivity index (χ3v) is 5.04. The molecule has 0 amide bonds. The van der Waals surface area contributed by atoms with Gasteiger partial charge in [-0.15, -0.1) is 0 Å². The maximum atomic E-state index is 13.1. The number of aryl methyl sites for hydroxylation is 1. The summed E-state index contributed by atoms with van der Waals surface area (Å²) in [4.78, 5) is 17.9. The Morgan fingerprint density at radius 3 is 2.67 bits per heavy atom. The number of ether oxygens (including phenoxy) is 1. The Balaban J connectivity index is 1.55. The van der Waals surface area contributed by atoms with E-state index in [0.717, 1.165) is 23.4 Å². The van der Waals surface area contributed by atoms with E-state index in [1.165, 1.54) is 5.56 Å². The van der Waals surface area contributed by atoms with Crippen LogP contribution in [0.1, 0.15) is 11.1 Å². The lowest BCUT2D eigenvalue weighted by Gasteiger charge is -2.21. The molecular formula is C23H18N2O2. The number of nitrogens with zero attached hydrogens (tertiary/aromatic N) is 2. The molecule has 1 aromatic heterocycles. The number of aromatic nitrogens is 2. The highest BCUT2D eigenvalue weighted by Gasteiger charge is 2.19. The van der Waals surface area contributed by atoms with Gasteiger partial charge >= 0.3 is 0 Å². The fourth-order valence-corrected chi connectivity index (χ4v) is 3.63. The summed E-state index contributed by atoms with van der Waals surface area (Å²) < 4.78 is 7.66. The molecule has 27 heavy (non-hydrogen) atoms. The Hall–Kier alpha value is -3.40. The van der Waals surface area contributed by atoms with Crippen LogP contribution in [0.5, 0.6) is 5.75 Å². The largest absolute Gasteiger partial charge is 0.489 e. The maximum absolute atomic E-state index is 13.1. The molecule has 132 valence electrons. The summed E-state index contributed by atoms with van der Waals surface area (Å²) >= 11 is 0. The van der Waals surface area contributed by atoms with E-state index in [4.69, 9.17) is 9.72 Å². The van der Waals surface area contributed by atoms with E-state index in [0.29, 0.717) is 29.8 Å². The molecule has 0 bridgehead atoms. The van der Waals surface area contributed by atoms with Crippen LogP contribution in [0, 0.1) is 0 Å². The van der Waals surface area contributed by atoms with Crippen molar-refractivity contribution in [3.63, 3.8) is 0 Å². The monoisotopic (exact) mass is 354 g/mol. The summed E-state index contributed by atoms with van der Waals surface area (Å²) in [5.74, 6) is 1.44. The van der Waals surface area contributed by atoms with Crippen LogP contribution in [0.25, 0.3) is 22.3 Å². The second kappa shape index (κ2) is 6.40. The molecule has 0 unspecified atom stereocenters. The second-order valence-corrected chi connectivity index (χ2v) is 6.75. The van der Waals surface area contributed by atoms with Crippen LogP contribution < -0.4 is 10.3 Å². The van der Waals surface area contributed by atoms with Crippen molar-refractivity contribution in [2.24, 2.45) is 0 Å². The first kappa shape index (κ1) is 15.8. The average molecular weight is 354 g/mol. The van der Waals surface area contributed by atoms with E-state index in [2.05, 4.69) is 6.07 Å². The lowest BCUT2D eigenvalue weighted by Crippen LogP contribution is -2.27. The SMILES string of the molecule is O=c1c2cc(OCc3ccccc3)ccc2nc2n1CCc1ccccc1-2. The van der Waals surface area contributed by atoms with Gasteiger partial charge in [-0.1, -0.05) is 54.6 Å². The number of hydrogen-bond donors (Lipinski definition) is 0. The first-order valence-corrected chi connectivity index (χ1v) is 9.09. The topological polar surface area (TPSA) is 44.1 Å². The van der Waals surface area contributed by atoms with Gasteiger partial charge < -0.3 is 4.74 Å². The summed E-state index contributed by atoms with van der Waals surface area (Å²) in [6, 6.07) is 23.7. The molecule has 0 radical (unpaired) electrons. The van der Waals surface area contributed by atoms with Gasteiger partial charge in [0.05, 0.1) is 10.9 Å². The zero-order valence-electron chi connectivity index (χ0n) is 14.8. The van der Waals surface area contributed by atoms with E-state index in [9.17, 15) is 4.79 Å². The smallest absolute Gasteiger partial charge is 0.261 e. The fourth-order valence-electron chi connectivity index (χ4n) is 3.63. The normalized spacial score (nSPS) is 12.4. The van der Waals surface area contributed by atoms with E-state index >= 15 is 0 Å². The van der Waals surface area contributed by atoms with Gasteiger partial charge in [-0.25, -0.2) is 4.98 Å². The Kier molecular flexibility index (Phi) is 3.75. The van der Waals surface area contributed by atoms with Crippen molar-refractivity contribution < 1.29 is 4.74 Å². The molecule has 5 rings (SSSR count). The van der Waals surface area contributed by atoms with Crippen LogP contribution in [-0.2, 0) is 19.6 Å². The standard InChI is InChI=1S/C23H18N2O2/c26-23-20-14-18(27-15-16-6-2-1-3-7-16)10-11-21(20)24-22-19-9-5-4-8-17(19)12-13-25(22)23/h1-11,14H,12-13,15H2. The zero-order chi connectivity index (χ0) is 18.2. The minimum Gasteiger partial charge on any atom is -0.489 e. The molecule has 0 saturated carbocycles. The van der Waals surface area contributed by atoms with Crippen LogP contribution in [0.2, 0.25) is 0 Å². The van der Waals surface area contributed by atoms with Crippen LogP contribution >= 0.6 is 0 Å². The van der Waals surface area contributed by atoms with E-state index in [-0.39, 0.29) is 5.56 Å². The van der Waals surface area contributed by atoms with Crippen molar-refractivity contribution in [3.05, 3.63) is 94.3 Å². The Morgan fingerprint density at radius 2 is 1.78 bits per heavy atom. The molecule has 0 atom stereocenters. The molecule has 3 aromatic carbocycles. The molecule has 0 fully saturated rings. The lowest BCUT2D eigenvalue weighted by molar-refractivity contribution is 0.306. The minimum atomic E-state index is -0.00494. The Bertz CT molecular complexity index is 1200. The summed E-state index contributed by atoms with van der Waals surface area (Å²) in [6.07, 6.45) is 0.848. The molecule has 0 N–H and O–H groups in total. The summed E-state index contributed by atoms with van der Waals surface area (Å²) in [7, 11) is 0. The molecular weight excluding hydrogens is 336 g/mol. The van der Waals surface area contributed by atoms with Gasteiger partial charge in [0.15, 0.2) is 0 Å². The third kappa shape index (κ3) is 2.79. The predicted molar refractivity (Wildman–Crippen MR) is 106 cm³/mol. The van der Waals surface area contributed by atoms with E-state index in [1.54, 1.807) is 10.6 Å². The van der Waals surface area contributed by atoms with Crippen molar-refractivity contribution in [1.29, 1.82) is 0 Å². The van der Waals surface area contributed by atoms with Gasteiger partial charge in [0, 0.05) is 12.1 Å². The highest BCUT2D eigenvalue weighted by molar-refractivity contribution is 5.82. The Morgan fingerprint density at radius 1 is 0.963 bits per heavy atom. The molecule has 2 heterocycles. The average Bonchev–Trinajstić information content (AvgIpc) is 2.73. The summed E-state index contributed by atoms with van der Waals surface area (Å²) in [5.41, 5.74) is 4.08. The lowest BCUT2D eigenvalue weighted by atomic mass is 10.00. The highest BCUT2D eigenvalue weighted by atomic mass is 16.5. The van der Waals surface area contributed by atoms with Crippen LogP contribution in [0.15, 0.2) is 77.6 Å². The minimum absolute atomic E-state index is 0.00494. The zero-order valence-corrected chi connectivity index (χ0v) is 14.8. The van der Waals surface area contributed by atoms with Gasteiger partial charge in [0.25, 0.3) is 5.56 Å². The van der Waals surface area contributed by atoms with Crippen molar-refractivity contribution in [2.75, 3.05) is 0 Å². The second-order valence-electron chi connectivity index (χ2n) is 6.75. The maximum Gasteiger partial charge on any atom is 0.261 e. The third-order valence-electron chi connectivity index (χ3n) is 5.04. The van der Waals surface area contributed by atoms with Gasteiger partial charge in [0.1, 0.15) is 18.2 Å². The van der Waals surface area contributed by atoms with Gasteiger partial charge in [0.2, 0.25) is 0 Å². The first-order valence-electron chi connectivity index (χ1n) is 9.09. The number of rotatable bonds is 3. The molecule has 1 aliphatic heterocycles. The van der Waals surface area contributed by atoms with Gasteiger partial charge in [-0.2, -0.15) is 0 Å². The molecule has 4 nitrogen and oxygen atoms in total. The number of fused-ring (bicyclic) bond motifs is 4. The van der Waals surface area contributed by atoms with Crippen molar-refractivity contribution in [3.8, 4) is 17.1 Å². The van der Waals surface area contributed by atoms with Crippen LogP contribution in [-0.4, -0.2) is 9.55 Å². The first-order chi connectivity index (χ1) is 13.3. The summed E-state index contributed by atoms with van der Waals surface area (Å²) in [5, 5.41) is 0.601. The Labute approximate surface area is 156 Å². The van der Waals surface area contributed by atoms with Crippen molar-refractivity contribution in [2.45, 2.75) is 19.6 Å². The van der Waals surface area contributed by atoms with Crippen molar-refractivity contribution in [1.82, 2.24) is 9.55 Å². The molecule has 0 aliphatic carbocycles. The highest BCUT2D eigenvalue weighted by Crippen LogP contribution is 2.28.